The number of amides is 4. The third-order valence-corrected chi connectivity index (χ3v) is 6.01. The van der Waals surface area contributed by atoms with E-state index in [1.807, 2.05) is 6.92 Å². The van der Waals surface area contributed by atoms with Crippen LogP contribution in [0.4, 0.5) is 16.2 Å². The summed E-state index contributed by atoms with van der Waals surface area (Å²) in [5.74, 6) is -0.428. The summed E-state index contributed by atoms with van der Waals surface area (Å²) < 4.78 is 11.8. The van der Waals surface area contributed by atoms with Gasteiger partial charge in [-0.05, 0) is 54.5 Å². The van der Waals surface area contributed by atoms with Crippen LogP contribution in [0, 0.1) is 0 Å². The molecule has 0 N–H and O–H groups in total. The van der Waals surface area contributed by atoms with Gasteiger partial charge in [0.15, 0.2) is 11.5 Å². The first kappa shape index (κ1) is 24.2. The molecule has 7 nitrogen and oxygen atoms in total. The summed E-state index contributed by atoms with van der Waals surface area (Å²) in [6.45, 7) is 2.51. The minimum atomic E-state index is -0.741. The molecule has 1 heterocycles. The molecular formula is C27H23BrN2O5. The maximum Gasteiger partial charge on any atom is 0.343 e. The first-order valence-corrected chi connectivity index (χ1v) is 11.8. The van der Waals surface area contributed by atoms with E-state index < -0.39 is 17.8 Å². The van der Waals surface area contributed by atoms with Crippen molar-refractivity contribution in [1.82, 2.24) is 0 Å². The molecule has 0 aliphatic carbocycles. The Hall–Kier alpha value is -3.91. The predicted molar refractivity (Wildman–Crippen MR) is 138 cm³/mol. The van der Waals surface area contributed by atoms with Crippen LogP contribution < -0.4 is 19.3 Å². The molecule has 1 aliphatic rings. The zero-order valence-corrected chi connectivity index (χ0v) is 20.8. The lowest BCUT2D eigenvalue weighted by Crippen LogP contribution is -2.57. The number of anilines is 2. The molecule has 35 heavy (non-hydrogen) atoms. The third-order valence-electron chi connectivity index (χ3n) is 5.32. The number of nitrogens with zero attached hydrogens (tertiary/aromatic N) is 2. The van der Waals surface area contributed by atoms with Gasteiger partial charge in [-0.3, -0.25) is 9.59 Å². The molecule has 0 aromatic heterocycles. The van der Waals surface area contributed by atoms with Crippen molar-refractivity contribution in [2.24, 2.45) is 0 Å². The van der Waals surface area contributed by atoms with E-state index in [0.29, 0.717) is 39.5 Å². The van der Waals surface area contributed by atoms with Crippen molar-refractivity contribution in [3.05, 3.63) is 88.4 Å². The number of carbonyl (C=O) groups is 3. The molecule has 0 atom stereocenters. The van der Waals surface area contributed by atoms with Gasteiger partial charge in [-0.1, -0.05) is 59.3 Å². The number of urea groups is 1. The second kappa shape index (κ2) is 10.6. The Morgan fingerprint density at radius 3 is 1.86 bits per heavy atom. The fraction of sp³-hybridized carbons (Fsp3) is 0.148. The first-order chi connectivity index (χ1) is 17.0. The summed E-state index contributed by atoms with van der Waals surface area (Å²) in [5.41, 5.74) is 1.09. The van der Waals surface area contributed by atoms with Crippen LogP contribution >= 0.6 is 15.9 Å². The van der Waals surface area contributed by atoms with Crippen molar-refractivity contribution in [3.8, 4) is 11.5 Å². The number of halogens is 1. The largest absolute Gasteiger partial charge is 0.493 e. The Balaban J connectivity index is 1.84. The SMILES string of the molecule is CCCOc1cc(Br)c(C=C2C(=O)N(c3ccccc3)C(=O)N(c3ccccc3)C2=O)cc1OC. The molecule has 0 bridgehead atoms. The van der Waals surface area contributed by atoms with Crippen molar-refractivity contribution in [1.29, 1.82) is 0 Å². The fourth-order valence-corrected chi connectivity index (χ4v) is 4.08. The molecule has 0 unspecified atom stereocenters. The summed E-state index contributed by atoms with van der Waals surface area (Å²) >= 11 is 3.50. The number of para-hydroxylation sites is 2. The number of benzene rings is 3. The number of carbonyl (C=O) groups excluding carboxylic acids is 3. The van der Waals surface area contributed by atoms with Crippen LogP contribution in [0.15, 0.2) is 82.8 Å². The molecule has 3 aromatic carbocycles. The Morgan fingerprint density at radius 2 is 1.37 bits per heavy atom. The molecule has 1 aliphatic heterocycles. The monoisotopic (exact) mass is 534 g/mol. The van der Waals surface area contributed by atoms with Crippen LogP contribution in [-0.2, 0) is 9.59 Å². The highest BCUT2D eigenvalue weighted by molar-refractivity contribution is 9.10. The van der Waals surface area contributed by atoms with Crippen molar-refractivity contribution in [2.75, 3.05) is 23.5 Å². The molecule has 1 saturated heterocycles. The summed E-state index contributed by atoms with van der Waals surface area (Å²) in [6.07, 6.45) is 2.29. The van der Waals surface area contributed by atoms with Gasteiger partial charge >= 0.3 is 6.03 Å². The summed E-state index contributed by atoms with van der Waals surface area (Å²) in [4.78, 5) is 42.4. The van der Waals surface area contributed by atoms with E-state index in [9.17, 15) is 14.4 Å². The predicted octanol–water partition coefficient (Wildman–Crippen LogP) is 5.83. The number of hydrogen-bond acceptors (Lipinski definition) is 5. The lowest BCUT2D eigenvalue weighted by atomic mass is 10.0. The molecule has 0 radical (unpaired) electrons. The van der Waals surface area contributed by atoms with Gasteiger partial charge in [0, 0.05) is 4.47 Å². The van der Waals surface area contributed by atoms with E-state index in [4.69, 9.17) is 9.47 Å². The number of rotatable bonds is 7. The van der Waals surface area contributed by atoms with Gasteiger partial charge in [0.2, 0.25) is 0 Å². The van der Waals surface area contributed by atoms with E-state index in [1.54, 1.807) is 72.8 Å². The molecule has 0 spiro atoms. The van der Waals surface area contributed by atoms with E-state index in [2.05, 4.69) is 15.9 Å². The lowest BCUT2D eigenvalue weighted by molar-refractivity contribution is -0.121. The van der Waals surface area contributed by atoms with Crippen LogP contribution in [0.3, 0.4) is 0 Å². The van der Waals surface area contributed by atoms with Gasteiger partial charge in [0.25, 0.3) is 11.8 Å². The van der Waals surface area contributed by atoms with Crippen LogP contribution in [0.5, 0.6) is 11.5 Å². The second-order valence-corrected chi connectivity index (χ2v) is 8.52. The van der Waals surface area contributed by atoms with Crippen molar-refractivity contribution in [3.63, 3.8) is 0 Å². The van der Waals surface area contributed by atoms with Gasteiger partial charge in [-0.25, -0.2) is 14.6 Å². The maximum absolute atomic E-state index is 13.5. The molecule has 1 fully saturated rings. The Morgan fingerprint density at radius 1 is 0.829 bits per heavy atom. The highest BCUT2D eigenvalue weighted by Gasteiger charge is 2.43. The molecule has 4 amide bonds. The number of methoxy groups -OCH3 is 1. The number of imide groups is 2. The van der Waals surface area contributed by atoms with Gasteiger partial charge in [0.1, 0.15) is 5.57 Å². The summed E-state index contributed by atoms with van der Waals surface area (Å²) in [6, 6.07) is 19.7. The zero-order chi connectivity index (χ0) is 24.9. The van der Waals surface area contributed by atoms with Crippen LogP contribution in [0.1, 0.15) is 18.9 Å². The summed E-state index contributed by atoms with van der Waals surface area (Å²) in [7, 11) is 1.52. The first-order valence-electron chi connectivity index (χ1n) is 11.0. The topological polar surface area (TPSA) is 76.2 Å². The average Bonchev–Trinajstić information content (AvgIpc) is 2.87. The van der Waals surface area contributed by atoms with E-state index in [-0.39, 0.29) is 5.57 Å². The van der Waals surface area contributed by atoms with Crippen molar-refractivity contribution < 1.29 is 23.9 Å². The normalized spacial score (nSPS) is 13.8. The Labute approximate surface area is 211 Å². The zero-order valence-electron chi connectivity index (χ0n) is 19.2. The fourth-order valence-electron chi connectivity index (χ4n) is 3.64. The van der Waals surface area contributed by atoms with E-state index >= 15 is 0 Å². The third kappa shape index (κ3) is 4.83. The summed E-state index contributed by atoms with van der Waals surface area (Å²) in [5, 5.41) is 0. The van der Waals surface area contributed by atoms with Crippen LogP contribution in [0.25, 0.3) is 6.08 Å². The smallest absolute Gasteiger partial charge is 0.343 e. The molecule has 0 saturated carbocycles. The maximum atomic E-state index is 13.5. The molecule has 4 rings (SSSR count). The highest BCUT2D eigenvalue weighted by atomic mass is 79.9. The van der Waals surface area contributed by atoms with E-state index in [1.165, 1.54) is 13.2 Å². The number of barbiturate groups is 1. The molecular weight excluding hydrogens is 512 g/mol. The Bertz CT molecular complexity index is 1230. The minimum Gasteiger partial charge on any atom is -0.493 e. The minimum absolute atomic E-state index is 0.165. The van der Waals surface area contributed by atoms with Gasteiger partial charge in [-0.2, -0.15) is 0 Å². The molecule has 3 aromatic rings. The Kier molecular flexibility index (Phi) is 7.31. The molecule has 8 heteroatoms. The number of hydrogen-bond donors (Lipinski definition) is 0. The van der Waals surface area contributed by atoms with Crippen molar-refractivity contribution in [2.45, 2.75) is 13.3 Å². The van der Waals surface area contributed by atoms with Crippen LogP contribution in [-0.4, -0.2) is 31.6 Å². The van der Waals surface area contributed by atoms with Gasteiger partial charge in [-0.15, -0.1) is 0 Å². The average molecular weight is 535 g/mol. The van der Waals surface area contributed by atoms with E-state index in [0.717, 1.165) is 16.2 Å². The van der Waals surface area contributed by atoms with Gasteiger partial charge in [0.05, 0.1) is 25.1 Å². The molecule has 178 valence electrons. The van der Waals surface area contributed by atoms with Crippen LogP contribution in [0.2, 0.25) is 0 Å². The van der Waals surface area contributed by atoms with Gasteiger partial charge < -0.3 is 9.47 Å². The van der Waals surface area contributed by atoms with Crippen molar-refractivity contribution >= 4 is 51.2 Å². The lowest BCUT2D eigenvalue weighted by Gasteiger charge is -2.34. The second-order valence-electron chi connectivity index (χ2n) is 7.67. The number of ether oxygens (including phenoxy) is 2. The standard InChI is InChI=1S/C27H23BrN2O5/c1-3-14-35-24-17-22(28)18(16-23(24)34-2)15-21-25(31)29(19-10-6-4-7-11-19)27(33)30(26(21)32)20-12-8-5-9-13-20/h4-13,15-17H,3,14H2,1-2H3. The quantitative estimate of drug-likeness (QED) is 0.281. The highest BCUT2D eigenvalue weighted by Crippen LogP contribution is 2.36.